The zero-order valence-corrected chi connectivity index (χ0v) is 32.6. The number of hydrogen-bond donors (Lipinski definition) is 2. The first-order valence-electron chi connectivity index (χ1n) is 15.2. The smallest absolute Gasteiger partial charge is 0.781 e. The second kappa shape index (κ2) is 16.8. The van der Waals surface area contributed by atoms with Crippen LogP contribution in [0.1, 0.15) is 141 Å². The number of aromatic hydroxyl groups is 2. The van der Waals surface area contributed by atoms with Crippen molar-refractivity contribution in [3.05, 3.63) is 56.6 Å². The van der Waals surface area contributed by atoms with Crippen molar-refractivity contribution >= 4 is 16.5 Å². The van der Waals surface area contributed by atoms with Gasteiger partial charge in [0.15, 0.2) is 0 Å². The third-order valence-corrected chi connectivity index (χ3v) is 8.27. The van der Waals surface area contributed by atoms with Gasteiger partial charge in [-0.05, 0) is 80.0 Å². The summed E-state index contributed by atoms with van der Waals surface area (Å²) in [5.74, 6) is 0.630. The molecule has 0 radical (unpaired) electrons. The fourth-order valence-corrected chi connectivity index (χ4v) is 6.18. The topological polar surface area (TPSA) is 139 Å². The van der Waals surface area contributed by atoms with Crippen molar-refractivity contribution < 1.29 is 54.7 Å². The Labute approximate surface area is 283 Å². The molecule has 11 heteroatoms. The molecule has 8 nitrogen and oxygen atoms in total. The molecule has 0 heterocycles. The molecule has 2 aromatic rings. The van der Waals surface area contributed by atoms with Crippen LogP contribution in [0, 0.1) is 0 Å². The monoisotopic (exact) mass is 712 g/mol. The first-order valence-corrected chi connectivity index (χ1v) is 17.7. The molecule has 0 spiro atoms. The van der Waals surface area contributed by atoms with E-state index >= 15 is 0 Å². The Bertz CT molecular complexity index is 1240. The van der Waals surface area contributed by atoms with Gasteiger partial charge in [0, 0.05) is 11.1 Å². The van der Waals surface area contributed by atoms with Gasteiger partial charge in [0.1, 0.15) is 28.0 Å². The summed E-state index contributed by atoms with van der Waals surface area (Å²) in [7, 11) is -6.45. The predicted octanol–water partition coefficient (Wildman–Crippen LogP) is 7.63. The van der Waals surface area contributed by atoms with E-state index < -0.39 is 16.5 Å². The van der Waals surface area contributed by atoms with Gasteiger partial charge >= 0.3 is 16.5 Å². The minimum absolute atomic E-state index is 0. The fourth-order valence-electron chi connectivity index (χ4n) is 5.63. The summed E-state index contributed by atoms with van der Waals surface area (Å²) >= 11 is 0. The summed E-state index contributed by atoms with van der Waals surface area (Å²) in [6.45, 7) is 28.5. The minimum Gasteiger partial charge on any atom is -0.781 e. The molecule has 2 atom stereocenters. The van der Waals surface area contributed by atoms with E-state index in [-0.39, 0.29) is 51.4 Å². The van der Waals surface area contributed by atoms with E-state index in [0.29, 0.717) is 24.3 Å². The van der Waals surface area contributed by atoms with Crippen molar-refractivity contribution in [1.29, 1.82) is 0 Å². The average molecular weight is 713 g/mol. The molecule has 45 heavy (non-hydrogen) atoms. The Morgan fingerprint density at radius 2 is 0.867 bits per heavy atom. The van der Waals surface area contributed by atoms with Crippen LogP contribution in [0.2, 0.25) is 0 Å². The van der Waals surface area contributed by atoms with Crippen LogP contribution < -0.4 is 9.79 Å². The van der Waals surface area contributed by atoms with Crippen molar-refractivity contribution in [3.8, 4) is 11.5 Å². The van der Waals surface area contributed by atoms with E-state index in [1.54, 1.807) is 0 Å². The van der Waals surface area contributed by atoms with E-state index in [1.165, 1.54) is 0 Å². The molecule has 2 rings (SSSR count). The zero-order valence-electron chi connectivity index (χ0n) is 29.6. The molecule has 0 aromatic heterocycles. The van der Waals surface area contributed by atoms with E-state index in [1.807, 2.05) is 67.5 Å². The number of rotatable bonds is 8. The van der Waals surface area contributed by atoms with Crippen molar-refractivity contribution in [1.82, 2.24) is 0 Å². The van der Waals surface area contributed by atoms with Gasteiger partial charge in [-0.15, -0.1) is 0 Å². The van der Waals surface area contributed by atoms with Gasteiger partial charge in [-0.1, -0.05) is 96.9 Å². The van der Waals surface area contributed by atoms with Crippen molar-refractivity contribution in [2.24, 2.45) is 0 Å². The van der Waals surface area contributed by atoms with Crippen molar-refractivity contribution in [3.63, 3.8) is 0 Å². The van der Waals surface area contributed by atoms with Crippen LogP contribution >= 0.6 is 16.5 Å². The van der Waals surface area contributed by atoms with Gasteiger partial charge in [-0.2, -0.15) is 0 Å². The Hall–Kier alpha value is -1.17. The Balaban J connectivity index is 0.000000842. The summed E-state index contributed by atoms with van der Waals surface area (Å²) < 4.78 is 31.3. The number of benzene rings is 2. The molecule has 0 bridgehead atoms. The van der Waals surface area contributed by atoms with Gasteiger partial charge in [-0.25, -0.2) is 0 Å². The maximum atomic E-state index is 10.8. The third-order valence-electron chi connectivity index (χ3n) is 7.51. The van der Waals surface area contributed by atoms with Gasteiger partial charge in [0.25, 0.3) is 0 Å². The molecular weight excluding hydrogens is 657 g/mol. The molecule has 2 N–H and O–H groups in total. The number of phenols is 2. The van der Waals surface area contributed by atoms with Gasteiger partial charge < -0.3 is 38.2 Å². The van der Waals surface area contributed by atoms with Gasteiger partial charge in [0.05, 0.1) is 13.2 Å². The molecule has 0 saturated heterocycles. The summed E-state index contributed by atoms with van der Waals surface area (Å²) in [6, 6.07) is 3.77. The fraction of sp³-hybridized carbons (Fsp3) is 0.647. The SMILES string of the molecule is CCc1c(CO[PH](=O)[O-])cc(C(C)(C)C)c(O)c1C(C)(C)C.CCc1c(CO[PH](=O)[O-])cc(C(C)(C)C)c(O)c1C(C)(C)C.[Ni+2]. The van der Waals surface area contributed by atoms with Crippen LogP contribution in [0.4, 0.5) is 0 Å². The van der Waals surface area contributed by atoms with Crippen molar-refractivity contribution in [2.75, 3.05) is 0 Å². The second-order valence-electron chi connectivity index (χ2n) is 15.4. The molecule has 0 aliphatic heterocycles. The average Bonchev–Trinajstić information content (AvgIpc) is 2.83. The molecule has 0 amide bonds. The normalized spacial score (nSPS) is 13.9. The standard InChI is InChI=1S/2C17H29O4P.Ni/c2*1-8-12-11(10-21-22(19)20)9-13(16(2,3)4)15(18)14(12)17(5,6)7;/h2*9,18,22H,8,10H2,1-7H3,(H,19,20);/q;;+2/p-2. The molecule has 260 valence electrons. The molecule has 0 saturated carbocycles. The van der Waals surface area contributed by atoms with E-state index in [9.17, 15) is 29.1 Å². The summed E-state index contributed by atoms with van der Waals surface area (Å²) in [6.07, 6.45) is 1.42. The van der Waals surface area contributed by atoms with Crippen LogP contribution in [0.5, 0.6) is 11.5 Å². The Morgan fingerprint density at radius 3 is 1.04 bits per heavy atom. The Kier molecular flexibility index (Phi) is 16.3. The third kappa shape index (κ3) is 12.1. The summed E-state index contributed by atoms with van der Waals surface area (Å²) in [5, 5.41) is 21.6. The molecule has 2 unspecified atom stereocenters. The van der Waals surface area contributed by atoms with Gasteiger partial charge in [-0.3, -0.25) is 0 Å². The van der Waals surface area contributed by atoms with Crippen LogP contribution in [-0.4, -0.2) is 10.2 Å². The summed E-state index contributed by atoms with van der Waals surface area (Å²) in [5.41, 5.74) is 6.05. The van der Waals surface area contributed by atoms with Crippen LogP contribution in [0.15, 0.2) is 12.1 Å². The largest absolute Gasteiger partial charge is 2.00 e. The second-order valence-corrected chi connectivity index (χ2v) is 16.9. The number of phenolic OH excluding ortho intramolecular Hbond substituents is 2. The molecule has 0 fully saturated rings. The maximum Gasteiger partial charge on any atom is 2.00 e. The molecular formula is C34H56NiO8P2. The molecule has 0 aliphatic rings. The van der Waals surface area contributed by atoms with Crippen LogP contribution in [0.3, 0.4) is 0 Å². The zero-order chi connectivity index (χ0) is 34.6. The quantitative estimate of drug-likeness (QED) is 0.210. The minimum atomic E-state index is -3.22. The van der Waals surface area contributed by atoms with Crippen LogP contribution in [-0.2, 0) is 82.4 Å². The number of hydrogen-bond acceptors (Lipinski definition) is 8. The maximum absolute atomic E-state index is 10.8. The van der Waals surface area contributed by atoms with Crippen LogP contribution in [0.25, 0.3) is 0 Å². The van der Waals surface area contributed by atoms with E-state index in [4.69, 9.17) is 9.05 Å². The van der Waals surface area contributed by atoms with E-state index in [2.05, 4.69) is 41.5 Å². The van der Waals surface area contributed by atoms with Gasteiger partial charge in [0.2, 0.25) is 0 Å². The first-order chi connectivity index (χ1) is 19.8. The summed E-state index contributed by atoms with van der Waals surface area (Å²) in [4.78, 5) is 21.6. The Morgan fingerprint density at radius 1 is 0.600 bits per heavy atom. The molecule has 0 aliphatic carbocycles. The van der Waals surface area contributed by atoms with E-state index in [0.717, 1.165) is 44.5 Å². The molecule has 2 aromatic carbocycles. The predicted molar refractivity (Wildman–Crippen MR) is 177 cm³/mol. The van der Waals surface area contributed by atoms with Crippen molar-refractivity contribution in [2.45, 2.75) is 145 Å². The first kappa shape index (κ1) is 43.8.